The van der Waals surface area contributed by atoms with Crippen molar-refractivity contribution < 1.29 is 4.79 Å². The molecule has 2 rings (SSSR count). The van der Waals surface area contributed by atoms with Gasteiger partial charge in [-0.25, -0.2) is 0 Å². The van der Waals surface area contributed by atoms with E-state index in [4.69, 9.17) is 11.6 Å². The van der Waals surface area contributed by atoms with Gasteiger partial charge in [-0.2, -0.15) is 0 Å². The van der Waals surface area contributed by atoms with Crippen LogP contribution in [0.15, 0.2) is 54.6 Å². The van der Waals surface area contributed by atoms with Gasteiger partial charge in [0.25, 0.3) is 5.24 Å². The van der Waals surface area contributed by atoms with Gasteiger partial charge in [0, 0.05) is 16.7 Å². The molecule has 0 bridgehead atoms. The summed E-state index contributed by atoms with van der Waals surface area (Å²) < 4.78 is 0. The van der Waals surface area contributed by atoms with Crippen LogP contribution in [-0.4, -0.2) is 5.24 Å². The van der Waals surface area contributed by atoms with E-state index in [2.05, 4.69) is 23.7 Å². The van der Waals surface area contributed by atoms with Crippen molar-refractivity contribution in [2.24, 2.45) is 0 Å². The summed E-state index contributed by atoms with van der Waals surface area (Å²) in [5, 5.41) is -0.513. The molecule has 0 aliphatic carbocycles. The number of hydrogen-bond donors (Lipinski definition) is 0. The van der Waals surface area contributed by atoms with E-state index in [-0.39, 0.29) is 0 Å². The molecule has 0 atom stereocenters. The summed E-state index contributed by atoms with van der Waals surface area (Å²) in [5.41, 5.74) is 1.89. The Morgan fingerprint density at radius 2 is 1.47 bits per heavy atom. The molecule has 90 valence electrons. The fourth-order valence-corrected chi connectivity index (χ4v) is 1.65. The Bertz CT molecular complexity index is 709. The second-order valence-corrected chi connectivity index (χ2v) is 4.03. The maximum Gasteiger partial charge on any atom is 0.253 e. The normalized spacial score (nSPS) is 8.68. The zero-order valence-corrected chi connectivity index (χ0v) is 10.7. The summed E-state index contributed by atoms with van der Waals surface area (Å²) in [7, 11) is 0. The Morgan fingerprint density at radius 3 is 2.21 bits per heavy atom. The summed E-state index contributed by atoms with van der Waals surface area (Å²) >= 11 is 5.47. The molecule has 0 aliphatic heterocycles. The Kier molecular flexibility index (Phi) is 4.40. The van der Waals surface area contributed by atoms with Crippen molar-refractivity contribution in [3.05, 3.63) is 71.3 Å². The summed E-state index contributed by atoms with van der Waals surface area (Å²) in [4.78, 5) is 11.2. The third kappa shape index (κ3) is 3.75. The van der Waals surface area contributed by atoms with Crippen LogP contribution >= 0.6 is 11.6 Å². The number of benzene rings is 2. The van der Waals surface area contributed by atoms with Gasteiger partial charge in [-0.3, -0.25) is 4.79 Å². The molecule has 0 aromatic heterocycles. The molecule has 19 heavy (non-hydrogen) atoms. The number of rotatable bonds is 1. The lowest BCUT2D eigenvalue weighted by Crippen LogP contribution is -1.92. The van der Waals surface area contributed by atoms with Crippen molar-refractivity contribution in [3.8, 4) is 23.7 Å². The number of carbonyl (C=O) groups is 1. The molecule has 0 aliphatic rings. The minimum absolute atomic E-state index is 0.401. The number of carbonyl (C=O) groups excluding carboxylic acids is 1. The van der Waals surface area contributed by atoms with Gasteiger partial charge in [0.2, 0.25) is 0 Å². The highest BCUT2D eigenvalue weighted by Gasteiger charge is 2.04. The van der Waals surface area contributed by atoms with Crippen molar-refractivity contribution in [1.29, 1.82) is 0 Å². The number of halogens is 1. The van der Waals surface area contributed by atoms with E-state index >= 15 is 0 Å². The van der Waals surface area contributed by atoms with E-state index in [1.807, 2.05) is 30.3 Å². The topological polar surface area (TPSA) is 17.1 Å². The second-order valence-electron chi connectivity index (χ2n) is 3.69. The molecular weight excluding hydrogens is 256 g/mol. The first kappa shape index (κ1) is 13.0. The van der Waals surface area contributed by atoms with E-state index < -0.39 is 5.24 Å². The maximum absolute atomic E-state index is 11.2. The highest BCUT2D eigenvalue weighted by atomic mass is 35.5. The predicted octanol–water partition coefficient (Wildman–Crippen LogP) is 3.47. The molecule has 0 saturated carbocycles. The van der Waals surface area contributed by atoms with Crippen LogP contribution in [0.2, 0.25) is 0 Å². The molecule has 0 unspecified atom stereocenters. The summed E-state index contributed by atoms with van der Waals surface area (Å²) in [6, 6.07) is 16.5. The third-order valence-electron chi connectivity index (χ3n) is 2.38. The number of hydrogen-bond acceptors (Lipinski definition) is 1. The first-order valence-corrected chi connectivity index (χ1v) is 6.01. The molecule has 0 amide bonds. The molecule has 0 spiro atoms. The van der Waals surface area contributed by atoms with Gasteiger partial charge in [0.1, 0.15) is 0 Å². The van der Waals surface area contributed by atoms with E-state index in [0.717, 1.165) is 5.56 Å². The van der Waals surface area contributed by atoms with E-state index in [1.54, 1.807) is 24.3 Å². The molecule has 0 N–H and O–H groups in total. The average Bonchev–Trinajstić information content (AvgIpc) is 2.45. The Balaban J connectivity index is 2.22. The van der Waals surface area contributed by atoms with Gasteiger partial charge in [-0.1, -0.05) is 42.2 Å². The van der Waals surface area contributed by atoms with E-state index in [0.29, 0.717) is 11.1 Å². The zero-order chi connectivity index (χ0) is 13.5. The Morgan fingerprint density at radius 1 is 0.842 bits per heavy atom. The van der Waals surface area contributed by atoms with E-state index in [9.17, 15) is 4.79 Å². The lowest BCUT2D eigenvalue weighted by atomic mass is 10.1. The monoisotopic (exact) mass is 264 g/mol. The highest BCUT2D eigenvalue weighted by molar-refractivity contribution is 6.68. The first-order chi connectivity index (χ1) is 9.27. The Labute approximate surface area is 117 Å². The van der Waals surface area contributed by atoms with Crippen LogP contribution in [-0.2, 0) is 0 Å². The van der Waals surface area contributed by atoms with Crippen LogP contribution in [0.3, 0.4) is 0 Å². The summed E-state index contributed by atoms with van der Waals surface area (Å²) in [5.74, 6) is 11.2. The average molecular weight is 265 g/mol. The van der Waals surface area contributed by atoms with Crippen LogP contribution in [0, 0.1) is 23.7 Å². The quantitative estimate of drug-likeness (QED) is 0.569. The molecular formula is C17H9ClO. The van der Waals surface area contributed by atoms with Crippen molar-refractivity contribution in [1.82, 2.24) is 0 Å². The van der Waals surface area contributed by atoms with Crippen molar-refractivity contribution >= 4 is 16.8 Å². The molecule has 2 aromatic carbocycles. The van der Waals surface area contributed by atoms with Crippen molar-refractivity contribution in [2.45, 2.75) is 0 Å². The predicted molar refractivity (Wildman–Crippen MR) is 76.8 cm³/mol. The van der Waals surface area contributed by atoms with Crippen molar-refractivity contribution in [3.63, 3.8) is 0 Å². The molecule has 0 saturated heterocycles. The largest absolute Gasteiger partial charge is 0.276 e. The van der Waals surface area contributed by atoms with Crippen LogP contribution in [0.4, 0.5) is 0 Å². The van der Waals surface area contributed by atoms with Crippen LogP contribution < -0.4 is 0 Å². The first-order valence-electron chi connectivity index (χ1n) is 5.63. The molecule has 1 nitrogen and oxygen atoms in total. The zero-order valence-electron chi connectivity index (χ0n) is 9.98. The van der Waals surface area contributed by atoms with Gasteiger partial charge >= 0.3 is 0 Å². The van der Waals surface area contributed by atoms with Gasteiger partial charge in [0.15, 0.2) is 0 Å². The lowest BCUT2D eigenvalue weighted by Gasteiger charge is -1.95. The maximum atomic E-state index is 11.2. The minimum atomic E-state index is -0.513. The molecule has 0 heterocycles. The molecule has 0 fully saturated rings. The fourth-order valence-electron chi connectivity index (χ4n) is 1.49. The van der Waals surface area contributed by atoms with Gasteiger partial charge in [-0.15, -0.1) is 0 Å². The van der Waals surface area contributed by atoms with Crippen molar-refractivity contribution in [2.75, 3.05) is 0 Å². The SMILES string of the molecule is O=C(Cl)c1ccccc1C#CC#Cc1ccccc1. The second kappa shape index (κ2) is 6.45. The van der Waals surface area contributed by atoms with E-state index in [1.165, 1.54) is 0 Å². The third-order valence-corrected chi connectivity index (χ3v) is 2.58. The smallest absolute Gasteiger partial charge is 0.253 e. The van der Waals surface area contributed by atoms with Crippen LogP contribution in [0.5, 0.6) is 0 Å². The molecule has 2 aromatic rings. The van der Waals surface area contributed by atoms with Crippen LogP contribution in [0.1, 0.15) is 21.5 Å². The Hall–Kier alpha value is -2.48. The van der Waals surface area contributed by atoms with Gasteiger partial charge in [-0.05, 0) is 47.7 Å². The molecule has 0 radical (unpaired) electrons. The highest BCUT2D eigenvalue weighted by Crippen LogP contribution is 2.09. The summed E-state index contributed by atoms with van der Waals surface area (Å²) in [6.07, 6.45) is 0. The minimum Gasteiger partial charge on any atom is -0.276 e. The van der Waals surface area contributed by atoms with Gasteiger partial charge in [0.05, 0.1) is 0 Å². The van der Waals surface area contributed by atoms with Gasteiger partial charge < -0.3 is 0 Å². The summed E-state index contributed by atoms with van der Waals surface area (Å²) in [6.45, 7) is 0. The van der Waals surface area contributed by atoms with Crippen LogP contribution in [0.25, 0.3) is 0 Å². The molecule has 2 heteroatoms. The lowest BCUT2D eigenvalue weighted by molar-refractivity contribution is 0.108. The standard InChI is InChI=1S/C17H9ClO/c18-17(19)16-13-7-6-12-15(16)11-5-4-10-14-8-2-1-3-9-14/h1-3,6-9,12-13H. The fraction of sp³-hybridized carbons (Fsp3) is 0.